The van der Waals surface area contributed by atoms with Crippen molar-refractivity contribution in [3.05, 3.63) is 0 Å². The summed E-state index contributed by atoms with van der Waals surface area (Å²) in [7, 11) is -4.08. The minimum Gasteiger partial charge on any atom is -0.330 e. The largest absolute Gasteiger partial charge is 0.426 e. The molecule has 0 aromatic carbocycles. The number of unbranched alkanes of at least 4 members (excludes halogenated alkanes) is 2. The summed E-state index contributed by atoms with van der Waals surface area (Å²) < 4.78 is 31.6. The molecule has 1 atom stereocenters. The Kier molecular flexibility index (Phi) is 9.66. The van der Waals surface area contributed by atoms with E-state index in [1.807, 2.05) is 0 Å². The summed E-state index contributed by atoms with van der Waals surface area (Å²) in [6, 6.07) is 0. The molecule has 0 fully saturated rings. The lowest BCUT2D eigenvalue weighted by molar-refractivity contribution is -0.206. The van der Waals surface area contributed by atoms with Crippen LogP contribution < -0.4 is 5.73 Å². The second-order valence-corrected chi connectivity index (χ2v) is 4.82. The van der Waals surface area contributed by atoms with Gasteiger partial charge >= 0.3 is 10.4 Å². The molecule has 0 amide bonds. The van der Waals surface area contributed by atoms with Crippen molar-refractivity contribution in [2.24, 2.45) is 5.73 Å². The summed E-state index contributed by atoms with van der Waals surface area (Å²) in [5, 5.41) is 0. The molecule has 7 heteroatoms. The molecule has 6 nitrogen and oxygen atoms in total. The molecule has 0 aliphatic carbocycles. The molecule has 0 saturated heterocycles. The van der Waals surface area contributed by atoms with Gasteiger partial charge in [-0.25, -0.2) is 9.07 Å². The van der Waals surface area contributed by atoms with E-state index in [2.05, 4.69) is 16.1 Å². The molecule has 0 rings (SSSR count). The Morgan fingerprint density at radius 2 is 1.88 bits per heavy atom. The van der Waals surface area contributed by atoms with E-state index >= 15 is 0 Å². The van der Waals surface area contributed by atoms with Crippen LogP contribution in [0, 0.1) is 0 Å². The summed E-state index contributed by atoms with van der Waals surface area (Å²) in [6.07, 6.45) is 3.72. The van der Waals surface area contributed by atoms with Gasteiger partial charge in [-0.05, 0) is 26.3 Å². The molecule has 0 spiro atoms. The minimum atomic E-state index is -4.08. The van der Waals surface area contributed by atoms with Gasteiger partial charge in [0.05, 0.1) is 12.7 Å². The van der Waals surface area contributed by atoms with Crippen molar-refractivity contribution in [1.82, 2.24) is 0 Å². The van der Waals surface area contributed by atoms with Crippen LogP contribution in [0.4, 0.5) is 0 Å². The smallest absolute Gasteiger partial charge is 0.330 e. The normalized spacial score (nSPS) is 13.8. The van der Waals surface area contributed by atoms with E-state index in [0.29, 0.717) is 19.4 Å². The second-order valence-electron chi connectivity index (χ2n) is 3.67. The Morgan fingerprint density at radius 1 is 1.18 bits per heavy atom. The fourth-order valence-electron chi connectivity index (χ4n) is 1.34. The Hall–Kier alpha value is -0.210. The Balaban J connectivity index is 4.12. The summed E-state index contributed by atoms with van der Waals surface area (Å²) >= 11 is 0. The highest BCUT2D eigenvalue weighted by Crippen LogP contribution is 2.13. The van der Waals surface area contributed by atoms with E-state index in [1.54, 1.807) is 6.92 Å². The SMILES string of the molecule is CCCCCC(CCN)OS(=O)(=O)OOCC. The van der Waals surface area contributed by atoms with E-state index < -0.39 is 16.5 Å². The van der Waals surface area contributed by atoms with Crippen LogP contribution in [0.5, 0.6) is 0 Å². The predicted octanol–water partition coefficient (Wildman–Crippen LogP) is 1.51. The van der Waals surface area contributed by atoms with Crippen LogP contribution in [0.15, 0.2) is 0 Å². The monoisotopic (exact) mass is 269 g/mol. The molecule has 0 bridgehead atoms. The van der Waals surface area contributed by atoms with E-state index in [-0.39, 0.29) is 6.61 Å². The van der Waals surface area contributed by atoms with Crippen LogP contribution in [0.1, 0.15) is 46.0 Å². The fourth-order valence-corrected chi connectivity index (χ4v) is 2.11. The lowest BCUT2D eigenvalue weighted by atomic mass is 10.1. The first kappa shape index (κ1) is 16.8. The van der Waals surface area contributed by atoms with Crippen molar-refractivity contribution in [3.63, 3.8) is 0 Å². The quantitative estimate of drug-likeness (QED) is 0.347. The van der Waals surface area contributed by atoms with Crippen molar-refractivity contribution in [2.45, 2.75) is 52.1 Å². The third-order valence-electron chi connectivity index (χ3n) is 2.12. The van der Waals surface area contributed by atoms with Gasteiger partial charge in [0.25, 0.3) is 0 Å². The Morgan fingerprint density at radius 3 is 2.41 bits per heavy atom. The van der Waals surface area contributed by atoms with Gasteiger partial charge in [-0.2, -0.15) is 8.42 Å². The molecule has 0 saturated carbocycles. The van der Waals surface area contributed by atoms with Crippen LogP contribution in [-0.2, 0) is 23.8 Å². The molecule has 2 N–H and O–H groups in total. The zero-order chi connectivity index (χ0) is 13.1. The van der Waals surface area contributed by atoms with Crippen molar-refractivity contribution >= 4 is 10.4 Å². The van der Waals surface area contributed by atoms with Gasteiger partial charge in [-0.3, -0.25) is 0 Å². The van der Waals surface area contributed by atoms with Crippen LogP contribution in [-0.4, -0.2) is 27.7 Å². The van der Waals surface area contributed by atoms with Crippen LogP contribution in [0.2, 0.25) is 0 Å². The number of rotatable bonds is 11. The van der Waals surface area contributed by atoms with Crippen molar-refractivity contribution in [3.8, 4) is 0 Å². The standard InChI is InChI=1S/C10H23NO5S/c1-3-5-6-7-10(8-9-11)15-17(12,13)16-14-4-2/h10H,3-9,11H2,1-2H3. The number of hydrogen-bond acceptors (Lipinski definition) is 6. The van der Waals surface area contributed by atoms with Gasteiger partial charge < -0.3 is 5.73 Å². The van der Waals surface area contributed by atoms with E-state index in [0.717, 1.165) is 19.3 Å². The van der Waals surface area contributed by atoms with Crippen LogP contribution in [0.25, 0.3) is 0 Å². The first-order valence-corrected chi connectivity index (χ1v) is 7.33. The molecule has 0 aromatic rings. The van der Waals surface area contributed by atoms with E-state index in [1.165, 1.54) is 0 Å². The van der Waals surface area contributed by atoms with Crippen molar-refractivity contribution < 1.29 is 21.8 Å². The summed E-state index contributed by atoms with van der Waals surface area (Å²) in [6.45, 7) is 4.21. The zero-order valence-electron chi connectivity index (χ0n) is 10.6. The average Bonchev–Trinajstić information content (AvgIpc) is 2.26. The maximum Gasteiger partial charge on any atom is 0.426 e. The third-order valence-corrected chi connectivity index (χ3v) is 2.89. The molecular formula is C10H23NO5S. The van der Waals surface area contributed by atoms with Crippen molar-refractivity contribution in [1.29, 1.82) is 0 Å². The highest BCUT2D eigenvalue weighted by atomic mass is 32.3. The Labute approximate surface area is 104 Å². The molecule has 0 radical (unpaired) electrons. The zero-order valence-corrected chi connectivity index (χ0v) is 11.4. The number of hydrogen-bond donors (Lipinski definition) is 1. The van der Waals surface area contributed by atoms with E-state index in [4.69, 9.17) is 9.92 Å². The molecule has 0 aliphatic heterocycles. The summed E-state index contributed by atoms with van der Waals surface area (Å²) in [5.74, 6) is 0. The molecule has 0 heterocycles. The Bertz CT molecular complexity index is 268. The van der Waals surface area contributed by atoms with Crippen LogP contribution >= 0.6 is 0 Å². The summed E-state index contributed by atoms with van der Waals surface area (Å²) in [5.41, 5.74) is 5.41. The molecule has 104 valence electrons. The van der Waals surface area contributed by atoms with Gasteiger partial charge in [-0.15, -0.1) is 0 Å². The van der Waals surface area contributed by atoms with Gasteiger partial charge in [0.15, 0.2) is 0 Å². The first-order chi connectivity index (χ1) is 8.05. The molecule has 1 unspecified atom stereocenters. The highest BCUT2D eigenvalue weighted by Gasteiger charge is 2.20. The fraction of sp³-hybridized carbons (Fsp3) is 1.00. The second kappa shape index (κ2) is 9.78. The van der Waals surface area contributed by atoms with Gasteiger partial charge in [0.2, 0.25) is 0 Å². The first-order valence-electron chi connectivity index (χ1n) is 6.00. The van der Waals surface area contributed by atoms with Gasteiger partial charge in [-0.1, -0.05) is 30.5 Å². The van der Waals surface area contributed by atoms with Crippen molar-refractivity contribution in [2.75, 3.05) is 13.2 Å². The van der Waals surface area contributed by atoms with E-state index in [9.17, 15) is 8.42 Å². The summed E-state index contributed by atoms with van der Waals surface area (Å²) in [4.78, 5) is 4.36. The van der Waals surface area contributed by atoms with Gasteiger partial charge in [0.1, 0.15) is 0 Å². The molecule has 0 aromatic heterocycles. The van der Waals surface area contributed by atoms with Crippen LogP contribution in [0.3, 0.4) is 0 Å². The molecule has 17 heavy (non-hydrogen) atoms. The lowest BCUT2D eigenvalue weighted by Crippen LogP contribution is -2.23. The molecular weight excluding hydrogens is 246 g/mol. The minimum absolute atomic E-state index is 0.139. The maximum atomic E-state index is 11.3. The predicted molar refractivity (Wildman–Crippen MR) is 64.3 cm³/mol. The van der Waals surface area contributed by atoms with Gasteiger partial charge in [0, 0.05) is 0 Å². The topological polar surface area (TPSA) is 87.9 Å². The average molecular weight is 269 g/mol. The lowest BCUT2D eigenvalue weighted by Gasteiger charge is -2.15. The highest BCUT2D eigenvalue weighted by molar-refractivity contribution is 7.81. The molecule has 0 aliphatic rings. The third kappa shape index (κ3) is 9.49. The number of nitrogens with two attached hydrogens (primary N) is 1. The maximum absolute atomic E-state index is 11.3.